The van der Waals surface area contributed by atoms with E-state index in [0.29, 0.717) is 12.2 Å². The summed E-state index contributed by atoms with van der Waals surface area (Å²) in [6, 6.07) is 2.79. The van der Waals surface area contributed by atoms with Gasteiger partial charge in [-0.25, -0.2) is 9.78 Å². The Morgan fingerprint density at radius 1 is 1.42 bits per heavy atom. The molecule has 0 aliphatic rings. The number of rotatable bonds is 7. The first-order chi connectivity index (χ1) is 8.95. The van der Waals surface area contributed by atoms with Crippen LogP contribution in [0.3, 0.4) is 0 Å². The second-order valence-corrected chi connectivity index (χ2v) is 4.16. The van der Waals surface area contributed by atoms with Gasteiger partial charge in [-0.1, -0.05) is 13.3 Å². The molecule has 0 spiro atoms. The Morgan fingerprint density at radius 2 is 2.11 bits per heavy atom. The zero-order valence-electron chi connectivity index (χ0n) is 10.8. The number of nitrogens with two attached hydrogens (primary N) is 2. The van der Waals surface area contributed by atoms with E-state index in [0.717, 1.165) is 12.8 Å². The third kappa shape index (κ3) is 4.13. The van der Waals surface area contributed by atoms with E-state index >= 15 is 0 Å². The van der Waals surface area contributed by atoms with Crippen LogP contribution in [0.5, 0.6) is 0 Å². The van der Waals surface area contributed by atoms with Crippen LogP contribution in [-0.2, 0) is 4.79 Å². The highest BCUT2D eigenvalue weighted by molar-refractivity contribution is 5.87. The van der Waals surface area contributed by atoms with E-state index in [1.165, 1.54) is 12.1 Å². The van der Waals surface area contributed by atoms with Gasteiger partial charge in [0.2, 0.25) is 5.91 Å². The number of unbranched alkanes of at least 4 members (excludes halogenated alkanes) is 1. The number of pyridine rings is 1. The zero-order chi connectivity index (χ0) is 14.4. The molecule has 1 aromatic heterocycles. The summed E-state index contributed by atoms with van der Waals surface area (Å²) < 4.78 is 0. The standard InChI is InChI=1S/C12H18N4O3/c1-2-3-6-16(7-10(14)17)11-8(13)4-5-9(15-11)12(18)19/h4-5H,2-3,6-7,13H2,1H3,(H2,14,17)(H,18,19). The number of carboxylic acids is 1. The molecule has 0 aliphatic heterocycles. The average molecular weight is 266 g/mol. The van der Waals surface area contributed by atoms with Crippen molar-refractivity contribution in [1.29, 1.82) is 0 Å². The fourth-order valence-corrected chi connectivity index (χ4v) is 1.63. The molecule has 1 aromatic rings. The van der Waals surface area contributed by atoms with Crippen molar-refractivity contribution < 1.29 is 14.7 Å². The topological polar surface area (TPSA) is 123 Å². The van der Waals surface area contributed by atoms with Crippen LogP contribution in [0.15, 0.2) is 12.1 Å². The number of aromatic carboxylic acids is 1. The molecular weight excluding hydrogens is 248 g/mol. The number of hydrogen-bond donors (Lipinski definition) is 3. The summed E-state index contributed by atoms with van der Waals surface area (Å²) >= 11 is 0. The first-order valence-electron chi connectivity index (χ1n) is 5.98. The van der Waals surface area contributed by atoms with Crippen LogP contribution in [0.25, 0.3) is 0 Å². The summed E-state index contributed by atoms with van der Waals surface area (Å²) in [6.07, 6.45) is 1.75. The lowest BCUT2D eigenvalue weighted by Crippen LogP contribution is -2.35. The fraction of sp³-hybridized carbons (Fsp3) is 0.417. The van der Waals surface area contributed by atoms with Gasteiger partial charge in [0.15, 0.2) is 11.5 Å². The molecule has 0 saturated carbocycles. The van der Waals surface area contributed by atoms with E-state index in [1.54, 1.807) is 4.90 Å². The van der Waals surface area contributed by atoms with Gasteiger partial charge in [-0.05, 0) is 18.6 Å². The quantitative estimate of drug-likeness (QED) is 0.658. The van der Waals surface area contributed by atoms with E-state index < -0.39 is 11.9 Å². The molecule has 104 valence electrons. The molecule has 7 heteroatoms. The lowest BCUT2D eigenvalue weighted by Gasteiger charge is -2.23. The molecule has 0 aliphatic carbocycles. The van der Waals surface area contributed by atoms with Crippen LogP contribution in [0.2, 0.25) is 0 Å². The number of nitrogens with zero attached hydrogens (tertiary/aromatic N) is 2. The minimum Gasteiger partial charge on any atom is -0.477 e. The maximum atomic E-state index is 11.1. The minimum absolute atomic E-state index is 0.0414. The van der Waals surface area contributed by atoms with E-state index in [2.05, 4.69) is 4.98 Å². The molecular formula is C12H18N4O3. The summed E-state index contributed by atoms with van der Waals surface area (Å²) in [5, 5.41) is 8.93. The molecule has 1 amide bonds. The number of carboxylic acid groups (broad SMARTS) is 1. The van der Waals surface area contributed by atoms with Crippen molar-refractivity contribution in [3.8, 4) is 0 Å². The van der Waals surface area contributed by atoms with Gasteiger partial charge in [0.1, 0.15) is 0 Å². The average Bonchev–Trinajstić information content (AvgIpc) is 2.34. The lowest BCUT2D eigenvalue weighted by atomic mass is 10.2. The van der Waals surface area contributed by atoms with Crippen molar-refractivity contribution in [3.05, 3.63) is 17.8 Å². The van der Waals surface area contributed by atoms with Crippen molar-refractivity contribution in [2.24, 2.45) is 5.73 Å². The molecule has 1 heterocycles. The van der Waals surface area contributed by atoms with Crippen LogP contribution < -0.4 is 16.4 Å². The Hall–Kier alpha value is -2.31. The maximum Gasteiger partial charge on any atom is 0.354 e. The molecule has 0 fully saturated rings. The lowest BCUT2D eigenvalue weighted by molar-refractivity contribution is -0.116. The second kappa shape index (κ2) is 6.58. The van der Waals surface area contributed by atoms with Crippen molar-refractivity contribution in [2.75, 3.05) is 23.7 Å². The van der Waals surface area contributed by atoms with Crippen LogP contribution in [0.1, 0.15) is 30.3 Å². The summed E-state index contributed by atoms with van der Waals surface area (Å²) in [5.74, 6) is -1.37. The maximum absolute atomic E-state index is 11.1. The van der Waals surface area contributed by atoms with E-state index in [9.17, 15) is 9.59 Å². The van der Waals surface area contributed by atoms with Gasteiger partial charge >= 0.3 is 5.97 Å². The van der Waals surface area contributed by atoms with Crippen LogP contribution in [-0.4, -0.2) is 35.1 Å². The largest absolute Gasteiger partial charge is 0.477 e. The number of amides is 1. The normalized spacial score (nSPS) is 10.2. The number of aromatic nitrogens is 1. The van der Waals surface area contributed by atoms with E-state index in [-0.39, 0.29) is 18.1 Å². The number of hydrogen-bond acceptors (Lipinski definition) is 5. The van der Waals surface area contributed by atoms with Gasteiger partial charge in [0.25, 0.3) is 0 Å². The first kappa shape index (κ1) is 14.7. The fourth-order valence-electron chi connectivity index (χ4n) is 1.63. The third-order valence-electron chi connectivity index (χ3n) is 2.55. The SMILES string of the molecule is CCCCN(CC(N)=O)c1nc(C(=O)O)ccc1N. The molecule has 0 aromatic carbocycles. The van der Waals surface area contributed by atoms with Gasteiger partial charge in [-0.15, -0.1) is 0 Å². The number of nitrogen functional groups attached to an aromatic ring is 1. The minimum atomic E-state index is -1.14. The van der Waals surface area contributed by atoms with Crippen molar-refractivity contribution in [3.63, 3.8) is 0 Å². The summed E-state index contributed by atoms with van der Waals surface area (Å²) in [4.78, 5) is 27.6. The highest BCUT2D eigenvalue weighted by Crippen LogP contribution is 2.21. The molecule has 0 bridgehead atoms. The van der Waals surface area contributed by atoms with E-state index in [4.69, 9.17) is 16.6 Å². The Bertz CT molecular complexity index is 476. The van der Waals surface area contributed by atoms with Gasteiger partial charge < -0.3 is 21.5 Å². The molecule has 0 unspecified atom stereocenters. The van der Waals surface area contributed by atoms with E-state index in [1.807, 2.05) is 6.92 Å². The first-order valence-corrected chi connectivity index (χ1v) is 5.98. The van der Waals surface area contributed by atoms with Gasteiger partial charge in [0.05, 0.1) is 12.2 Å². The van der Waals surface area contributed by atoms with Crippen molar-refractivity contribution in [2.45, 2.75) is 19.8 Å². The number of anilines is 2. The van der Waals surface area contributed by atoms with Crippen LogP contribution in [0.4, 0.5) is 11.5 Å². The monoisotopic (exact) mass is 266 g/mol. The van der Waals surface area contributed by atoms with Gasteiger partial charge in [0, 0.05) is 6.54 Å². The number of primary amides is 1. The Balaban J connectivity index is 3.08. The van der Waals surface area contributed by atoms with Gasteiger partial charge in [-0.2, -0.15) is 0 Å². The number of carbonyl (C=O) groups excluding carboxylic acids is 1. The Kier molecular flexibility index (Phi) is 5.11. The van der Waals surface area contributed by atoms with Crippen molar-refractivity contribution >= 4 is 23.4 Å². The number of carbonyl (C=O) groups is 2. The smallest absolute Gasteiger partial charge is 0.354 e. The molecule has 0 radical (unpaired) electrons. The molecule has 1 rings (SSSR count). The van der Waals surface area contributed by atoms with Crippen LogP contribution >= 0.6 is 0 Å². The molecule has 19 heavy (non-hydrogen) atoms. The zero-order valence-corrected chi connectivity index (χ0v) is 10.8. The van der Waals surface area contributed by atoms with Gasteiger partial charge in [-0.3, -0.25) is 4.79 Å². The molecule has 5 N–H and O–H groups in total. The Labute approximate surface area is 111 Å². The predicted octanol–water partition coefficient (Wildman–Crippen LogP) is 0.454. The summed E-state index contributed by atoms with van der Waals surface area (Å²) in [6.45, 7) is 2.51. The third-order valence-corrected chi connectivity index (χ3v) is 2.55. The molecule has 0 saturated heterocycles. The summed E-state index contributed by atoms with van der Waals surface area (Å²) in [5.41, 5.74) is 11.2. The van der Waals surface area contributed by atoms with Crippen LogP contribution in [0, 0.1) is 0 Å². The van der Waals surface area contributed by atoms with Crippen molar-refractivity contribution in [1.82, 2.24) is 4.98 Å². The Morgan fingerprint density at radius 3 is 2.63 bits per heavy atom. The second-order valence-electron chi connectivity index (χ2n) is 4.16. The highest BCUT2D eigenvalue weighted by Gasteiger charge is 2.16. The predicted molar refractivity (Wildman–Crippen MR) is 71.9 cm³/mol. The highest BCUT2D eigenvalue weighted by atomic mass is 16.4. The summed E-state index contributed by atoms with van der Waals surface area (Å²) in [7, 11) is 0. The molecule has 7 nitrogen and oxygen atoms in total. The molecule has 0 atom stereocenters.